The number of aromatic amines is 1. The summed E-state index contributed by atoms with van der Waals surface area (Å²) in [6.45, 7) is -5.45. The molecule has 0 spiro atoms. The molecule has 101 heavy (non-hydrogen) atoms. The van der Waals surface area contributed by atoms with E-state index in [2.05, 4.69) is 82.1 Å². The molecule has 0 saturated carbocycles. The zero-order valence-electron chi connectivity index (χ0n) is 54.3. The van der Waals surface area contributed by atoms with Gasteiger partial charge in [0.2, 0.25) is 10.6 Å². The van der Waals surface area contributed by atoms with E-state index in [4.69, 9.17) is 37.4 Å². The van der Waals surface area contributed by atoms with Crippen molar-refractivity contribution in [1.29, 1.82) is 0 Å². The van der Waals surface area contributed by atoms with Crippen LogP contribution in [-0.2, 0) is 59.9 Å². The summed E-state index contributed by atoms with van der Waals surface area (Å²) >= 11 is 14.9. The van der Waals surface area contributed by atoms with E-state index in [1.165, 1.54) is 15.4 Å². The van der Waals surface area contributed by atoms with Crippen molar-refractivity contribution in [2.45, 2.75) is 49.5 Å². The van der Waals surface area contributed by atoms with Crippen LogP contribution in [0.15, 0.2) is 289 Å². The van der Waals surface area contributed by atoms with Crippen LogP contribution in [0.25, 0.3) is 44.1 Å². The minimum atomic E-state index is -3.04. The Balaban J connectivity index is 0.000000161. The van der Waals surface area contributed by atoms with Crippen molar-refractivity contribution in [3.8, 4) is 33.8 Å². The van der Waals surface area contributed by atoms with Crippen LogP contribution in [0.4, 0.5) is 17.6 Å². The van der Waals surface area contributed by atoms with Gasteiger partial charge in [-0.05, 0) is 127 Å². The molecule has 14 aromatic rings. The molecule has 0 fully saturated rings. The van der Waals surface area contributed by atoms with E-state index in [-0.39, 0.29) is 52.9 Å². The van der Waals surface area contributed by atoms with Crippen LogP contribution >= 0.6 is 39.1 Å². The van der Waals surface area contributed by atoms with E-state index in [1.54, 1.807) is 80.0 Å². The minimum Gasteiger partial charge on any atom is -0.435 e. The number of ether oxygens (including phenoxy) is 4. The maximum absolute atomic E-state index is 13.7. The van der Waals surface area contributed by atoms with E-state index in [0.29, 0.717) is 38.3 Å². The molecule has 0 amide bonds. The smallest absolute Gasteiger partial charge is 0.387 e. The number of benzene rings is 10. The molecule has 14 nitrogen and oxygen atoms in total. The van der Waals surface area contributed by atoms with Gasteiger partial charge in [0.1, 0.15) is 22.7 Å². The Kier molecular flexibility index (Phi) is 22.2. The van der Waals surface area contributed by atoms with E-state index < -0.39 is 24.4 Å². The van der Waals surface area contributed by atoms with Crippen molar-refractivity contribution in [1.82, 2.24) is 39.1 Å². The molecular weight excluding hydrogens is 1400 g/mol. The molecule has 0 unspecified atom stereocenters. The highest BCUT2D eigenvalue weighted by Crippen LogP contribution is 2.44. The topological polar surface area (TPSA) is 153 Å². The van der Waals surface area contributed by atoms with E-state index >= 15 is 0 Å². The maximum Gasteiger partial charge on any atom is 0.387 e. The average molecular weight is 1460 g/mol. The van der Waals surface area contributed by atoms with Gasteiger partial charge >= 0.3 is 13.2 Å². The Hall–Kier alpha value is -10.8. The number of hydrogen-bond donors (Lipinski definition) is 1. The summed E-state index contributed by atoms with van der Waals surface area (Å²) in [7, 11) is 3.33. The summed E-state index contributed by atoms with van der Waals surface area (Å²) in [6.07, 6.45) is 6.50. The molecule has 0 saturated heterocycles. The van der Waals surface area contributed by atoms with Crippen LogP contribution in [0.2, 0.25) is 10.6 Å². The van der Waals surface area contributed by atoms with Crippen molar-refractivity contribution in [2.75, 3.05) is 0 Å². The van der Waals surface area contributed by atoms with Crippen LogP contribution in [0.3, 0.4) is 0 Å². The molecular formula is C80H63BrCl2F4N8O6. The lowest BCUT2D eigenvalue weighted by Crippen LogP contribution is -2.32. The van der Waals surface area contributed by atoms with Gasteiger partial charge in [0.25, 0.3) is 11.1 Å². The zero-order chi connectivity index (χ0) is 70.5. The molecule has 0 radical (unpaired) electrons. The predicted octanol–water partition coefficient (Wildman–Crippen LogP) is 18.3. The molecule has 0 aliphatic rings. The molecule has 0 aliphatic carbocycles. The van der Waals surface area contributed by atoms with E-state index in [9.17, 15) is 27.2 Å². The molecule has 0 atom stereocenters. The van der Waals surface area contributed by atoms with Crippen LogP contribution in [0.5, 0.6) is 11.5 Å². The average Bonchev–Trinajstić information content (AvgIpc) is 1.54. The van der Waals surface area contributed by atoms with Crippen molar-refractivity contribution in [3.05, 3.63) is 366 Å². The van der Waals surface area contributed by atoms with Crippen molar-refractivity contribution in [2.24, 2.45) is 14.1 Å². The maximum atomic E-state index is 13.7. The van der Waals surface area contributed by atoms with E-state index in [1.807, 2.05) is 176 Å². The number of hydrogen-bond acceptors (Lipinski definition) is 10. The first kappa shape index (κ1) is 70.1. The number of fused-ring (bicyclic) bond motifs is 2. The van der Waals surface area contributed by atoms with Crippen molar-refractivity contribution in [3.63, 3.8) is 0 Å². The third-order valence-corrected chi connectivity index (χ3v) is 18.0. The highest BCUT2D eigenvalue weighted by Gasteiger charge is 2.39. The zero-order valence-corrected chi connectivity index (χ0v) is 57.4. The number of rotatable bonds is 21. The fraction of sp³-hybridized carbons (Fsp3) is 0.125. The molecule has 1 N–H and O–H groups in total. The lowest BCUT2D eigenvalue weighted by atomic mass is 9.80. The Labute approximate surface area is 596 Å². The number of aromatic nitrogens is 8. The third kappa shape index (κ3) is 15.8. The van der Waals surface area contributed by atoms with Gasteiger partial charge in [0, 0.05) is 66.5 Å². The molecule has 0 aliphatic heterocycles. The second-order valence-electron chi connectivity index (χ2n) is 23.2. The van der Waals surface area contributed by atoms with Gasteiger partial charge < -0.3 is 18.9 Å². The second-order valence-corrected chi connectivity index (χ2v) is 24.5. The number of aryl methyl sites for hydroxylation is 1. The highest BCUT2D eigenvalue weighted by molar-refractivity contribution is 9.08. The Bertz CT molecular complexity index is 5010. The molecule has 4 heterocycles. The molecule has 0 bridgehead atoms. The van der Waals surface area contributed by atoms with Crippen LogP contribution < -0.4 is 20.6 Å². The van der Waals surface area contributed by atoms with Gasteiger partial charge in [-0.1, -0.05) is 222 Å². The number of nitrogens with one attached hydrogen (secondary N) is 1. The largest absolute Gasteiger partial charge is 0.435 e. The van der Waals surface area contributed by atoms with E-state index in [0.717, 1.165) is 66.7 Å². The van der Waals surface area contributed by atoms with Gasteiger partial charge in [-0.3, -0.25) is 28.7 Å². The van der Waals surface area contributed by atoms with Crippen LogP contribution in [0.1, 0.15) is 55.6 Å². The Morgan fingerprint density at radius 3 is 1.20 bits per heavy atom. The van der Waals surface area contributed by atoms with Gasteiger partial charge in [0.05, 0.1) is 41.6 Å². The standard InChI is InChI=1S/C40H31ClF2N4O3.C28H23BrF2O2.C12H9ClN4O/c1-46-37(48)34-19-18-28(30-23-44-38(41)45-24-30)22-35(34)47(46)25-29-21-27(17-20-36(29)50-39(42)43)26-49-40(31-11-5-2-6-12-31,32-13-7-3-8-14-32)33-15-9-4-10-16-33;29-19-22-18-21(16-17-26(22)33-27(30)31)20-32-28(23-10-4-1-5-11-23,24-12-6-2-7-13-24)25-14-8-3-9-15-25;1-17-11(18)9-3-2-7(4-10(9)16-17)8-5-14-12(13)15-6-8/h2-24,39H,25-26H2,1H3;1-18,27H,19-20H2;2-6,16H,1H3. The summed E-state index contributed by atoms with van der Waals surface area (Å²) < 4.78 is 80.9. The molecule has 508 valence electrons. The van der Waals surface area contributed by atoms with Crippen molar-refractivity contribution < 1.29 is 36.5 Å². The summed E-state index contributed by atoms with van der Waals surface area (Å²) in [5, 5.41) is 4.85. The Morgan fingerprint density at radius 1 is 0.446 bits per heavy atom. The minimum absolute atomic E-state index is 0.000691. The van der Waals surface area contributed by atoms with Gasteiger partial charge in [-0.15, -0.1) is 0 Å². The molecule has 10 aromatic carbocycles. The highest BCUT2D eigenvalue weighted by atomic mass is 79.9. The molecule has 14 rings (SSSR count). The lowest BCUT2D eigenvalue weighted by Gasteiger charge is -2.36. The van der Waals surface area contributed by atoms with Gasteiger partial charge in [-0.2, -0.15) is 17.6 Å². The summed E-state index contributed by atoms with van der Waals surface area (Å²) in [4.78, 5) is 41.0. The fourth-order valence-electron chi connectivity index (χ4n) is 12.3. The number of nitrogens with zero attached hydrogens (tertiary/aromatic N) is 7. The first-order valence-corrected chi connectivity index (χ1v) is 33.6. The molecule has 21 heteroatoms. The number of halogens is 7. The third-order valence-electron chi connectivity index (χ3n) is 17.1. The normalized spacial score (nSPS) is 11.5. The summed E-state index contributed by atoms with van der Waals surface area (Å²) in [5.41, 5.74) is 11.0. The summed E-state index contributed by atoms with van der Waals surface area (Å²) in [6, 6.07) is 81.4. The van der Waals surface area contributed by atoms with Gasteiger partial charge in [-0.25, -0.2) is 19.9 Å². The Morgan fingerprint density at radius 2 is 0.812 bits per heavy atom. The summed E-state index contributed by atoms with van der Waals surface area (Å²) in [5.74, 6) is 0.159. The van der Waals surface area contributed by atoms with Crippen LogP contribution in [0, 0.1) is 0 Å². The number of alkyl halides is 5. The predicted molar refractivity (Wildman–Crippen MR) is 389 cm³/mol. The fourth-order valence-corrected chi connectivity index (χ4v) is 12.9. The monoisotopic (exact) mass is 1460 g/mol. The lowest BCUT2D eigenvalue weighted by molar-refractivity contribution is -0.0511. The second kappa shape index (κ2) is 32.0. The van der Waals surface area contributed by atoms with Crippen LogP contribution in [-0.4, -0.2) is 52.3 Å². The first-order valence-electron chi connectivity index (χ1n) is 31.8. The van der Waals surface area contributed by atoms with Gasteiger partial charge in [0.15, 0.2) is 0 Å². The van der Waals surface area contributed by atoms with Crippen molar-refractivity contribution >= 4 is 60.9 Å². The first-order chi connectivity index (χ1) is 49.1. The molecule has 4 aromatic heterocycles. The quantitative estimate of drug-likeness (QED) is 0.0318. The number of H-pyrrole nitrogens is 1. The SMILES string of the molecule is Cn1[nH]c2cc(-c3cnc(Cl)nc3)ccc2c1=O.Cn1c(=O)c2ccc(-c3cnc(Cl)nc3)cc2n1Cc1cc(COC(c2ccccc2)(c2ccccc2)c2ccccc2)ccc1OC(F)F.FC(F)Oc1ccc(COC(c2ccccc2)(c2ccccc2)c2ccccc2)cc1CBr.